The lowest BCUT2D eigenvalue weighted by molar-refractivity contribution is -0.697. The highest BCUT2D eigenvalue weighted by Crippen LogP contribution is 2.14. The van der Waals surface area contributed by atoms with E-state index in [9.17, 15) is 0 Å². The Hall–Kier alpha value is -1.87. The number of hydrogen-bond acceptors (Lipinski definition) is 2. The predicted octanol–water partition coefficient (Wildman–Crippen LogP) is 3.77. The molecule has 0 atom stereocenters. The molecule has 0 radical (unpaired) electrons. The zero-order valence-corrected chi connectivity index (χ0v) is 15.8. The topological polar surface area (TPSA) is 27.4 Å². The quantitative estimate of drug-likeness (QED) is 0.498. The molecule has 0 aliphatic heterocycles. The van der Waals surface area contributed by atoms with E-state index in [1.165, 1.54) is 36.1 Å². The number of aliphatic hydroxyl groups excluding tert-OH is 1. The second kappa shape index (κ2) is 10.9. The fraction of sp³-hybridized carbons (Fsp3) is 0.500. The predicted molar refractivity (Wildman–Crippen MR) is 105 cm³/mol. The van der Waals surface area contributed by atoms with E-state index in [-0.39, 0.29) is 0 Å². The van der Waals surface area contributed by atoms with E-state index in [1.54, 1.807) is 0 Å². The van der Waals surface area contributed by atoms with Crippen LogP contribution in [0.15, 0.2) is 48.8 Å². The molecule has 25 heavy (non-hydrogen) atoms. The first-order valence-corrected chi connectivity index (χ1v) is 9.54. The lowest BCUT2D eigenvalue weighted by Gasteiger charge is -2.12. The third-order valence-electron chi connectivity index (χ3n) is 4.69. The summed E-state index contributed by atoms with van der Waals surface area (Å²) in [6.07, 6.45) is 12.4. The Labute approximate surface area is 152 Å². The maximum absolute atomic E-state index is 8.77. The first-order valence-electron chi connectivity index (χ1n) is 9.54. The number of unbranched alkanes of at least 4 members (excludes halogenated alkanes) is 4. The molecule has 0 saturated carbocycles. The van der Waals surface area contributed by atoms with Gasteiger partial charge in [0.05, 0.1) is 0 Å². The number of rotatable bonds is 11. The molecule has 0 saturated heterocycles. The van der Waals surface area contributed by atoms with Crippen molar-refractivity contribution in [3.05, 3.63) is 59.9 Å². The van der Waals surface area contributed by atoms with Gasteiger partial charge in [0.1, 0.15) is 6.54 Å². The zero-order valence-electron chi connectivity index (χ0n) is 15.8. The minimum absolute atomic E-state index is 0.329. The first-order chi connectivity index (χ1) is 12.2. The minimum Gasteiger partial charge on any atom is -0.396 e. The van der Waals surface area contributed by atoms with E-state index >= 15 is 0 Å². The number of aliphatic hydroxyl groups is 1. The van der Waals surface area contributed by atoms with Crippen LogP contribution in [0.2, 0.25) is 0 Å². The molecule has 2 aromatic rings. The lowest BCUT2D eigenvalue weighted by Crippen LogP contribution is -2.32. The molecule has 1 N–H and O–H groups in total. The molecule has 0 spiro atoms. The van der Waals surface area contributed by atoms with Crippen LogP contribution in [-0.2, 0) is 19.4 Å². The summed E-state index contributed by atoms with van der Waals surface area (Å²) in [7, 11) is 4.15. The van der Waals surface area contributed by atoms with Gasteiger partial charge in [-0.15, -0.1) is 0 Å². The molecule has 1 aromatic carbocycles. The van der Waals surface area contributed by atoms with Gasteiger partial charge in [0.15, 0.2) is 12.4 Å². The van der Waals surface area contributed by atoms with Crippen LogP contribution in [0.3, 0.4) is 0 Å². The summed E-state index contributed by atoms with van der Waals surface area (Å²) in [6.45, 7) is 1.42. The minimum atomic E-state index is 0.329. The summed E-state index contributed by atoms with van der Waals surface area (Å²) in [4.78, 5) is 2.13. The number of pyridine rings is 1. The van der Waals surface area contributed by atoms with Crippen molar-refractivity contribution in [2.45, 2.75) is 51.5 Å². The van der Waals surface area contributed by atoms with Crippen LogP contribution < -0.4 is 9.47 Å². The highest BCUT2D eigenvalue weighted by atomic mass is 16.2. The van der Waals surface area contributed by atoms with E-state index in [0.29, 0.717) is 6.61 Å². The van der Waals surface area contributed by atoms with Gasteiger partial charge in [0, 0.05) is 44.9 Å². The average molecular weight is 342 g/mol. The van der Waals surface area contributed by atoms with Gasteiger partial charge >= 0.3 is 0 Å². The first kappa shape index (κ1) is 19.5. The van der Waals surface area contributed by atoms with Crippen LogP contribution in [0.1, 0.15) is 43.2 Å². The molecule has 3 heteroatoms. The molecule has 2 rings (SSSR count). The van der Waals surface area contributed by atoms with Crippen LogP contribution in [0.5, 0.6) is 0 Å². The summed E-state index contributed by atoms with van der Waals surface area (Å²) < 4.78 is 2.28. The Balaban J connectivity index is 1.71. The van der Waals surface area contributed by atoms with E-state index < -0.39 is 0 Å². The van der Waals surface area contributed by atoms with E-state index in [1.807, 2.05) is 0 Å². The third kappa shape index (κ3) is 7.27. The van der Waals surface area contributed by atoms with Gasteiger partial charge in [-0.05, 0) is 48.9 Å². The lowest BCUT2D eigenvalue weighted by atomic mass is 10.0. The monoisotopic (exact) mass is 341 g/mol. The number of benzene rings is 1. The second-order valence-electron chi connectivity index (χ2n) is 7.00. The Bertz CT molecular complexity index is 590. The number of anilines is 1. The maximum atomic E-state index is 8.77. The van der Waals surface area contributed by atoms with E-state index in [2.05, 4.69) is 72.4 Å². The SMILES string of the molecule is CN(C)c1ccc(CCc2cc[n+](CCCCCCCO)cc2)cc1. The van der Waals surface area contributed by atoms with Crippen molar-refractivity contribution >= 4 is 5.69 Å². The van der Waals surface area contributed by atoms with Gasteiger partial charge in [-0.2, -0.15) is 0 Å². The highest BCUT2D eigenvalue weighted by Gasteiger charge is 2.02. The smallest absolute Gasteiger partial charge is 0.169 e. The van der Waals surface area contributed by atoms with Crippen LogP contribution in [-0.4, -0.2) is 25.8 Å². The van der Waals surface area contributed by atoms with Crippen molar-refractivity contribution in [2.24, 2.45) is 0 Å². The fourth-order valence-electron chi connectivity index (χ4n) is 2.99. The number of aromatic nitrogens is 1. The largest absolute Gasteiger partial charge is 0.396 e. The van der Waals surface area contributed by atoms with Crippen molar-refractivity contribution in [2.75, 3.05) is 25.6 Å². The molecule has 3 nitrogen and oxygen atoms in total. The highest BCUT2D eigenvalue weighted by molar-refractivity contribution is 5.46. The molecule has 1 heterocycles. The number of aryl methyl sites for hydroxylation is 3. The molecule has 0 unspecified atom stereocenters. The zero-order chi connectivity index (χ0) is 17.9. The standard InChI is InChI=1S/C22H33N2O/c1-23(2)22-12-10-20(11-13-22)8-9-21-14-17-24(18-15-21)16-6-4-3-5-7-19-25/h10-15,17-18,25H,3-9,16,19H2,1-2H3/q+1. The van der Waals surface area contributed by atoms with Crippen LogP contribution in [0.4, 0.5) is 5.69 Å². The van der Waals surface area contributed by atoms with Crippen LogP contribution in [0, 0.1) is 0 Å². The Morgan fingerprint density at radius 3 is 1.92 bits per heavy atom. The Kier molecular flexibility index (Phi) is 8.47. The molecule has 0 bridgehead atoms. The van der Waals surface area contributed by atoms with Crippen molar-refractivity contribution in [3.8, 4) is 0 Å². The molecule has 0 aliphatic rings. The summed E-state index contributed by atoms with van der Waals surface area (Å²) in [5, 5.41) is 8.77. The molecule has 1 aromatic heterocycles. The normalized spacial score (nSPS) is 10.8. The van der Waals surface area contributed by atoms with Gasteiger partial charge in [-0.3, -0.25) is 0 Å². The third-order valence-corrected chi connectivity index (χ3v) is 4.69. The Morgan fingerprint density at radius 2 is 1.32 bits per heavy atom. The van der Waals surface area contributed by atoms with Gasteiger partial charge in [0.25, 0.3) is 0 Å². The van der Waals surface area contributed by atoms with Gasteiger partial charge in [-0.1, -0.05) is 25.0 Å². The molecular formula is C22H33N2O+. The molecule has 0 fully saturated rings. The van der Waals surface area contributed by atoms with Gasteiger partial charge < -0.3 is 10.0 Å². The van der Waals surface area contributed by atoms with Crippen molar-refractivity contribution in [3.63, 3.8) is 0 Å². The van der Waals surface area contributed by atoms with E-state index in [0.717, 1.165) is 32.2 Å². The second-order valence-corrected chi connectivity index (χ2v) is 7.00. The molecule has 136 valence electrons. The summed E-state index contributed by atoms with van der Waals surface area (Å²) in [6, 6.07) is 13.3. The van der Waals surface area contributed by atoms with Crippen molar-refractivity contribution in [1.82, 2.24) is 0 Å². The summed E-state index contributed by atoms with van der Waals surface area (Å²) in [5.74, 6) is 0. The maximum Gasteiger partial charge on any atom is 0.169 e. The van der Waals surface area contributed by atoms with Crippen molar-refractivity contribution < 1.29 is 9.67 Å². The fourth-order valence-corrected chi connectivity index (χ4v) is 2.99. The summed E-state index contributed by atoms with van der Waals surface area (Å²) in [5.41, 5.74) is 4.04. The molecule has 0 amide bonds. The van der Waals surface area contributed by atoms with Crippen LogP contribution >= 0.6 is 0 Å². The van der Waals surface area contributed by atoms with Gasteiger partial charge in [-0.25, -0.2) is 4.57 Å². The molecular weight excluding hydrogens is 308 g/mol. The average Bonchev–Trinajstić information content (AvgIpc) is 2.64. The summed E-state index contributed by atoms with van der Waals surface area (Å²) >= 11 is 0. The van der Waals surface area contributed by atoms with Crippen LogP contribution in [0.25, 0.3) is 0 Å². The Morgan fingerprint density at radius 1 is 0.760 bits per heavy atom. The van der Waals surface area contributed by atoms with E-state index in [4.69, 9.17) is 5.11 Å². The number of hydrogen-bond donors (Lipinski definition) is 1. The van der Waals surface area contributed by atoms with Crippen molar-refractivity contribution in [1.29, 1.82) is 0 Å². The number of nitrogens with zero attached hydrogens (tertiary/aromatic N) is 2. The molecule has 0 aliphatic carbocycles. The van der Waals surface area contributed by atoms with Gasteiger partial charge in [0.2, 0.25) is 0 Å².